The van der Waals surface area contributed by atoms with Gasteiger partial charge in [-0.05, 0) is 68.1 Å². The molecule has 2 aliphatic rings. The van der Waals surface area contributed by atoms with Crippen LogP contribution in [0.2, 0.25) is 0 Å². The van der Waals surface area contributed by atoms with Crippen molar-refractivity contribution in [1.29, 1.82) is 0 Å². The van der Waals surface area contributed by atoms with Crippen LogP contribution >= 0.6 is 12.2 Å². The third-order valence-electron chi connectivity index (χ3n) is 5.02. The molecule has 3 rings (SSSR count). The van der Waals surface area contributed by atoms with E-state index in [0.29, 0.717) is 42.7 Å². The average molecular weight is 394 g/mol. The summed E-state index contributed by atoms with van der Waals surface area (Å²) in [6, 6.07) is 5.65. The van der Waals surface area contributed by atoms with Crippen LogP contribution in [0.4, 0.5) is 0 Å². The molecule has 1 aliphatic heterocycles. The molecule has 0 bridgehead atoms. The maximum Gasteiger partial charge on any atom is 0.243 e. The number of sulfonamides is 1. The number of nitrogens with zero attached hydrogens (tertiary/aromatic N) is 2. The Morgan fingerprint density at radius 1 is 1.15 bits per heavy atom. The maximum atomic E-state index is 13.0. The average Bonchev–Trinajstić information content (AvgIpc) is 2.65. The van der Waals surface area contributed by atoms with Gasteiger partial charge in [0.15, 0.2) is 5.11 Å². The van der Waals surface area contributed by atoms with Crippen molar-refractivity contribution in [3.05, 3.63) is 41.5 Å². The van der Waals surface area contributed by atoms with Gasteiger partial charge in [-0.1, -0.05) is 18.2 Å². The van der Waals surface area contributed by atoms with Crippen LogP contribution in [0.3, 0.4) is 0 Å². The van der Waals surface area contributed by atoms with E-state index in [1.54, 1.807) is 10.4 Å². The largest absolute Gasteiger partial charge is 0.359 e. The van der Waals surface area contributed by atoms with Gasteiger partial charge in [-0.25, -0.2) is 8.42 Å². The van der Waals surface area contributed by atoms with E-state index in [1.165, 1.54) is 17.5 Å². The second-order valence-corrected chi connectivity index (χ2v) is 9.47. The standard InChI is InChI=1S/C19H27N3O2S2/c1-15(2)14-20-19(25)21-9-11-22(12-10-21)26(23,24)18-8-7-16-5-3-4-6-17(16)13-18/h7-8,13H,1,3-6,9-12,14H2,2H3,(H,20,25). The number of benzene rings is 1. The molecular formula is C19H27N3O2S2. The third kappa shape index (κ3) is 4.27. The number of hydrogen-bond donors (Lipinski definition) is 1. The van der Waals surface area contributed by atoms with Crippen molar-refractivity contribution in [2.45, 2.75) is 37.5 Å². The Bertz CT molecular complexity index is 797. The van der Waals surface area contributed by atoms with E-state index >= 15 is 0 Å². The number of aryl methyl sites for hydroxylation is 2. The molecule has 1 saturated heterocycles. The first-order valence-electron chi connectivity index (χ1n) is 9.17. The second kappa shape index (κ2) is 8.06. The van der Waals surface area contributed by atoms with Crippen LogP contribution in [0.5, 0.6) is 0 Å². The van der Waals surface area contributed by atoms with Gasteiger partial charge in [-0.15, -0.1) is 0 Å². The van der Waals surface area contributed by atoms with E-state index in [-0.39, 0.29) is 0 Å². The fourth-order valence-corrected chi connectivity index (χ4v) is 5.22. The van der Waals surface area contributed by atoms with Gasteiger partial charge in [0, 0.05) is 32.7 Å². The van der Waals surface area contributed by atoms with Gasteiger partial charge in [-0.3, -0.25) is 0 Å². The molecule has 7 heteroatoms. The first-order valence-corrected chi connectivity index (χ1v) is 11.0. The summed E-state index contributed by atoms with van der Waals surface area (Å²) in [4.78, 5) is 2.45. The number of rotatable bonds is 4. The fourth-order valence-electron chi connectivity index (χ4n) is 3.49. The quantitative estimate of drug-likeness (QED) is 0.629. The zero-order valence-corrected chi connectivity index (χ0v) is 17.0. The van der Waals surface area contributed by atoms with E-state index in [2.05, 4.69) is 11.9 Å². The van der Waals surface area contributed by atoms with Crippen LogP contribution in [0.1, 0.15) is 30.9 Å². The predicted molar refractivity (Wildman–Crippen MR) is 109 cm³/mol. The molecular weight excluding hydrogens is 366 g/mol. The molecule has 5 nitrogen and oxygen atoms in total. The molecule has 0 unspecified atom stereocenters. The normalized spacial score (nSPS) is 18.3. The van der Waals surface area contributed by atoms with Gasteiger partial charge in [0.05, 0.1) is 4.90 Å². The van der Waals surface area contributed by atoms with Crippen molar-refractivity contribution in [2.75, 3.05) is 32.7 Å². The Kier molecular flexibility index (Phi) is 5.99. The highest BCUT2D eigenvalue weighted by Crippen LogP contribution is 2.26. The van der Waals surface area contributed by atoms with Gasteiger partial charge in [0.1, 0.15) is 0 Å². The lowest BCUT2D eigenvalue weighted by Gasteiger charge is -2.35. The minimum atomic E-state index is -3.44. The van der Waals surface area contributed by atoms with Crippen LogP contribution in [0.25, 0.3) is 0 Å². The van der Waals surface area contributed by atoms with E-state index in [4.69, 9.17) is 12.2 Å². The zero-order chi connectivity index (χ0) is 18.7. The lowest BCUT2D eigenvalue weighted by Crippen LogP contribution is -2.53. The summed E-state index contributed by atoms with van der Waals surface area (Å²) in [6.45, 7) is 8.55. The second-order valence-electron chi connectivity index (χ2n) is 7.14. The molecule has 1 heterocycles. The van der Waals surface area contributed by atoms with Gasteiger partial charge in [-0.2, -0.15) is 4.31 Å². The van der Waals surface area contributed by atoms with Gasteiger partial charge in [0.2, 0.25) is 10.0 Å². The molecule has 142 valence electrons. The maximum absolute atomic E-state index is 13.0. The Labute approximate surface area is 162 Å². The summed E-state index contributed by atoms with van der Waals surface area (Å²) < 4.78 is 27.6. The Hall–Kier alpha value is -1.44. The summed E-state index contributed by atoms with van der Waals surface area (Å²) >= 11 is 5.39. The molecule has 0 saturated carbocycles. The van der Waals surface area contributed by atoms with Gasteiger partial charge in [0.25, 0.3) is 0 Å². The van der Waals surface area contributed by atoms with Crippen molar-refractivity contribution in [3.8, 4) is 0 Å². The topological polar surface area (TPSA) is 52.6 Å². The molecule has 1 fully saturated rings. The molecule has 0 atom stereocenters. The number of piperazine rings is 1. The van der Waals surface area contributed by atoms with E-state index in [1.807, 2.05) is 24.0 Å². The van der Waals surface area contributed by atoms with Gasteiger partial charge >= 0.3 is 0 Å². The molecule has 1 aromatic rings. The molecule has 0 radical (unpaired) electrons. The van der Waals surface area contributed by atoms with Crippen molar-refractivity contribution in [2.24, 2.45) is 0 Å². The molecule has 0 amide bonds. The van der Waals surface area contributed by atoms with E-state index in [9.17, 15) is 8.42 Å². The van der Waals surface area contributed by atoms with Crippen LogP contribution in [0.15, 0.2) is 35.2 Å². The smallest absolute Gasteiger partial charge is 0.243 e. The van der Waals surface area contributed by atoms with Crippen molar-refractivity contribution in [1.82, 2.24) is 14.5 Å². The lowest BCUT2D eigenvalue weighted by molar-refractivity contribution is 0.264. The highest BCUT2D eigenvalue weighted by molar-refractivity contribution is 7.89. The monoisotopic (exact) mass is 393 g/mol. The van der Waals surface area contributed by atoms with Crippen molar-refractivity contribution in [3.63, 3.8) is 0 Å². The number of thiocarbonyl (C=S) groups is 1. The Morgan fingerprint density at radius 2 is 1.81 bits per heavy atom. The SMILES string of the molecule is C=C(C)CNC(=S)N1CCN(S(=O)(=O)c2ccc3c(c2)CCCC3)CC1. The lowest BCUT2D eigenvalue weighted by atomic mass is 9.92. The molecule has 26 heavy (non-hydrogen) atoms. The van der Waals surface area contributed by atoms with Crippen LogP contribution in [0, 0.1) is 0 Å². The van der Waals surface area contributed by atoms with Gasteiger partial charge < -0.3 is 10.2 Å². The molecule has 1 aliphatic carbocycles. The number of hydrogen-bond acceptors (Lipinski definition) is 3. The van der Waals surface area contributed by atoms with Crippen molar-refractivity contribution >= 4 is 27.4 Å². The Balaban J connectivity index is 1.65. The summed E-state index contributed by atoms with van der Waals surface area (Å²) in [5, 5.41) is 3.83. The minimum absolute atomic E-state index is 0.426. The first-order chi connectivity index (χ1) is 12.4. The predicted octanol–water partition coefficient (Wildman–Crippen LogP) is 2.32. The van der Waals surface area contributed by atoms with E-state index < -0.39 is 10.0 Å². The molecule has 0 aromatic heterocycles. The minimum Gasteiger partial charge on any atom is -0.359 e. The van der Waals surface area contributed by atoms with Crippen molar-refractivity contribution < 1.29 is 8.42 Å². The summed E-state index contributed by atoms with van der Waals surface area (Å²) in [7, 11) is -3.44. The molecule has 0 spiro atoms. The van der Waals surface area contributed by atoms with Crippen LogP contribution in [-0.4, -0.2) is 55.5 Å². The first kappa shape index (κ1) is 19.3. The summed E-state index contributed by atoms with van der Waals surface area (Å²) in [6.07, 6.45) is 4.38. The number of fused-ring (bicyclic) bond motifs is 1. The highest BCUT2D eigenvalue weighted by atomic mass is 32.2. The summed E-state index contributed by atoms with van der Waals surface area (Å²) in [5.41, 5.74) is 3.51. The molecule has 1 N–H and O–H groups in total. The van der Waals surface area contributed by atoms with Crippen LogP contribution in [-0.2, 0) is 22.9 Å². The van der Waals surface area contributed by atoms with E-state index in [0.717, 1.165) is 24.8 Å². The fraction of sp³-hybridized carbons (Fsp3) is 0.526. The zero-order valence-electron chi connectivity index (χ0n) is 15.3. The third-order valence-corrected chi connectivity index (χ3v) is 7.32. The Morgan fingerprint density at radius 3 is 2.46 bits per heavy atom. The van der Waals surface area contributed by atoms with Crippen LogP contribution < -0.4 is 5.32 Å². The number of nitrogens with one attached hydrogen (secondary N) is 1. The molecule has 1 aromatic carbocycles. The highest BCUT2D eigenvalue weighted by Gasteiger charge is 2.29. The summed E-state index contributed by atoms with van der Waals surface area (Å²) in [5.74, 6) is 0.